The minimum Gasteiger partial charge on any atom is -0.244 e. The van der Waals surface area contributed by atoms with E-state index in [1.165, 1.54) is 3.57 Å². The van der Waals surface area contributed by atoms with Gasteiger partial charge in [-0.05, 0) is 40.1 Å². The summed E-state index contributed by atoms with van der Waals surface area (Å²) in [6.45, 7) is 0. The number of halogens is 2. The summed E-state index contributed by atoms with van der Waals surface area (Å²) in [5.41, 5.74) is 0. The van der Waals surface area contributed by atoms with Crippen LogP contribution in [0.25, 0.3) is 10.8 Å². The van der Waals surface area contributed by atoms with Crippen molar-refractivity contribution in [1.29, 1.82) is 0 Å². The van der Waals surface area contributed by atoms with Crippen molar-refractivity contribution in [2.45, 2.75) is 0 Å². The lowest BCUT2D eigenvalue weighted by Gasteiger charge is -1.99. The van der Waals surface area contributed by atoms with Crippen LogP contribution in [0.15, 0.2) is 30.5 Å². The highest BCUT2D eigenvalue weighted by atomic mass is 127. The van der Waals surface area contributed by atoms with Crippen molar-refractivity contribution in [2.24, 2.45) is 0 Å². The molecule has 12 heavy (non-hydrogen) atoms. The Hall–Kier alpha value is -0.350. The zero-order chi connectivity index (χ0) is 8.55. The fourth-order valence-electron chi connectivity index (χ4n) is 1.11. The molecular formula is C9H5ClIN. The lowest BCUT2D eigenvalue weighted by molar-refractivity contribution is 1.36. The maximum atomic E-state index is 5.78. The Labute approximate surface area is 88.9 Å². The van der Waals surface area contributed by atoms with Gasteiger partial charge in [0.25, 0.3) is 0 Å². The molecule has 0 aliphatic carbocycles. The topological polar surface area (TPSA) is 12.9 Å². The first-order valence-electron chi connectivity index (χ1n) is 3.47. The summed E-state index contributed by atoms with van der Waals surface area (Å²) in [5.74, 6) is 0. The molecule has 0 aliphatic rings. The number of aromatic nitrogens is 1. The van der Waals surface area contributed by atoms with Gasteiger partial charge < -0.3 is 0 Å². The van der Waals surface area contributed by atoms with Crippen LogP contribution in [0.5, 0.6) is 0 Å². The molecule has 0 atom stereocenters. The molecule has 0 spiro atoms. The highest BCUT2D eigenvalue weighted by molar-refractivity contribution is 14.1. The van der Waals surface area contributed by atoms with E-state index in [4.69, 9.17) is 11.6 Å². The van der Waals surface area contributed by atoms with E-state index in [1.807, 2.05) is 18.2 Å². The van der Waals surface area contributed by atoms with Crippen molar-refractivity contribution >= 4 is 45.0 Å². The van der Waals surface area contributed by atoms with Gasteiger partial charge in [-0.1, -0.05) is 23.7 Å². The Bertz CT molecular complexity index is 428. The summed E-state index contributed by atoms with van der Waals surface area (Å²) in [6, 6.07) is 7.98. The zero-order valence-corrected chi connectivity index (χ0v) is 9.00. The Kier molecular flexibility index (Phi) is 2.19. The second-order valence-corrected chi connectivity index (χ2v) is 4.02. The van der Waals surface area contributed by atoms with Gasteiger partial charge in [0.05, 0.1) is 0 Å². The predicted octanol–water partition coefficient (Wildman–Crippen LogP) is 3.49. The number of hydrogen-bond donors (Lipinski definition) is 0. The van der Waals surface area contributed by atoms with Gasteiger partial charge in [-0.2, -0.15) is 0 Å². The molecule has 1 heterocycles. The Morgan fingerprint density at radius 2 is 2.17 bits per heavy atom. The molecule has 0 radical (unpaired) electrons. The standard InChI is InChI=1S/C9H5ClIN/c10-9-4-7-6(5-12-9)2-1-3-8(7)11/h1-5H. The van der Waals surface area contributed by atoms with Crippen molar-refractivity contribution in [3.63, 3.8) is 0 Å². The van der Waals surface area contributed by atoms with E-state index < -0.39 is 0 Å². The minimum absolute atomic E-state index is 0.548. The fraction of sp³-hybridized carbons (Fsp3) is 0. The van der Waals surface area contributed by atoms with Crippen LogP contribution < -0.4 is 0 Å². The summed E-state index contributed by atoms with van der Waals surface area (Å²) in [4.78, 5) is 4.01. The van der Waals surface area contributed by atoms with E-state index in [2.05, 4.69) is 33.6 Å². The number of hydrogen-bond acceptors (Lipinski definition) is 1. The monoisotopic (exact) mass is 289 g/mol. The molecule has 0 amide bonds. The molecule has 3 heteroatoms. The Balaban J connectivity index is 2.88. The first-order valence-corrected chi connectivity index (χ1v) is 4.93. The molecule has 0 N–H and O–H groups in total. The van der Waals surface area contributed by atoms with Gasteiger partial charge in [0.15, 0.2) is 0 Å². The maximum Gasteiger partial charge on any atom is 0.129 e. The van der Waals surface area contributed by atoms with Crippen molar-refractivity contribution in [2.75, 3.05) is 0 Å². The van der Waals surface area contributed by atoms with Gasteiger partial charge in [-0.3, -0.25) is 0 Å². The molecule has 60 valence electrons. The lowest BCUT2D eigenvalue weighted by Crippen LogP contribution is -1.79. The average molecular weight is 290 g/mol. The van der Waals surface area contributed by atoms with Gasteiger partial charge in [-0.15, -0.1) is 0 Å². The zero-order valence-electron chi connectivity index (χ0n) is 6.09. The van der Waals surface area contributed by atoms with Crippen molar-refractivity contribution < 1.29 is 0 Å². The van der Waals surface area contributed by atoms with Gasteiger partial charge >= 0.3 is 0 Å². The van der Waals surface area contributed by atoms with E-state index in [0.29, 0.717) is 5.15 Å². The van der Waals surface area contributed by atoms with Gasteiger partial charge in [0, 0.05) is 15.2 Å². The fourth-order valence-corrected chi connectivity index (χ4v) is 1.94. The molecule has 0 aliphatic heterocycles. The molecule has 1 nitrogen and oxygen atoms in total. The molecule has 2 aromatic rings. The van der Waals surface area contributed by atoms with E-state index in [-0.39, 0.29) is 0 Å². The van der Waals surface area contributed by atoms with Gasteiger partial charge in [-0.25, -0.2) is 4.98 Å². The first kappa shape index (κ1) is 8.26. The van der Waals surface area contributed by atoms with Crippen molar-refractivity contribution in [3.05, 3.63) is 39.2 Å². The molecule has 0 fully saturated rings. The van der Waals surface area contributed by atoms with E-state index in [9.17, 15) is 0 Å². The summed E-state index contributed by atoms with van der Waals surface area (Å²) in [5, 5.41) is 2.84. The molecule has 0 saturated carbocycles. The molecule has 0 bridgehead atoms. The third kappa shape index (κ3) is 1.41. The normalized spacial score (nSPS) is 10.5. The van der Waals surface area contributed by atoms with Gasteiger partial charge in [0.2, 0.25) is 0 Å². The van der Waals surface area contributed by atoms with Crippen LogP contribution in [0.4, 0.5) is 0 Å². The number of pyridine rings is 1. The number of fused-ring (bicyclic) bond motifs is 1. The third-order valence-electron chi connectivity index (χ3n) is 1.68. The second kappa shape index (κ2) is 3.18. The molecule has 1 aromatic carbocycles. The molecule has 2 rings (SSSR count). The number of rotatable bonds is 0. The third-order valence-corrected chi connectivity index (χ3v) is 2.82. The maximum absolute atomic E-state index is 5.78. The first-order chi connectivity index (χ1) is 5.77. The minimum atomic E-state index is 0.548. The van der Waals surface area contributed by atoms with Crippen LogP contribution in [0.2, 0.25) is 5.15 Å². The van der Waals surface area contributed by atoms with E-state index in [1.54, 1.807) is 6.20 Å². The highest BCUT2D eigenvalue weighted by Crippen LogP contribution is 2.21. The summed E-state index contributed by atoms with van der Waals surface area (Å²) in [6.07, 6.45) is 1.79. The smallest absolute Gasteiger partial charge is 0.129 e. The number of benzene rings is 1. The number of nitrogens with zero attached hydrogens (tertiary/aromatic N) is 1. The van der Waals surface area contributed by atoms with Gasteiger partial charge in [0.1, 0.15) is 5.15 Å². The molecule has 0 unspecified atom stereocenters. The average Bonchev–Trinajstić information content (AvgIpc) is 2.07. The Morgan fingerprint density at radius 1 is 1.33 bits per heavy atom. The van der Waals surface area contributed by atoms with Crippen LogP contribution >= 0.6 is 34.2 Å². The lowest BCUT2D eigenvalue weighted by atomic mass is 10.2. The van der Waals surface area contributed by atoms with Crippen LogP contribution in [0, 0.1) is 3.57 Å². The highest BCUT2D eigenvalue weighted by Gasteiger charge is 1.98. The molecule has 1 aromatic heterocycles. The second-order valence-electron chi connectivity index (χ2n) is 2.47. The van der Waals surface area contributed by atoms with Crippen LogP contribution in [-0.4, -0.2) is 4.98 Å². The summed E-state index contributed by atoms with van der Waals surface area (Å²) >= 11 is 8.06. The summed E-state index contributed by atoms with van der Waals surface area (Å²) < 4.78 is 1.20. The molecule has 0 saturated heterocycles. The van der Waals surface area contributed by atoms with Crippen molar-refractivity contribution in [1.82, 2.24) is 4.98 Å². The predicted molar refractivity (Wildman–Crippen MR) is 59.5 cm³/mol. The Morgan fingerprint density at radius 3 is 3.00 bits per heavy atom. The van der Waals surface area contributed by atoms with E-state index >= 15 is 0 Å². The van der Waals surface area contributed by atoms with Crippen LogP contribution in [-0.2, 0) is 0 Å². The molecular weight excluding hydrogens is 284 g/mol. The van der Waals surface area contributed by atoms with E-state index in [0.717, 1.165) is 10.8 Å². The SMILES string of the molecule is Clc1cc2c(I)cccc2cn1. The summed E-state index contributed by atoms with van der Waals surface area (Å²) in [7, 11) is 0. The van der Waals surface area contributed by atoms with Crippen LogP contribution in [0.1, 0.15) is 0 Å². The quantitative estimate of drug-likeness (QED) is 0.534. The van der Waals surface area contributed by atoms with Crippen LogP contribution in [0.3, 0.4) is 0 Å². The largest absolute Gasteiger partial charge is 0.244 e. The van der Waals surface area contributed by atoms with Crippen molar-refractivity contribution in [3.8, 4) is 0 Å².